The fourth-order valence-corrected chi connectivity index (χ4v) is 3.53. The predicted molar refractivity (Wildman–Crippen MR) is 95.3 cm³/mol. The van der Waals surface area contributed by atoms with Crippen molar-refractivity contribution in [3.8, 4) is 0 Å². The van der Waals surface area contributed by atoms with Gasteiger partial charge in [-0.05, 0) is 37.5 Å². The minimum Gasteiger partial charge on any atom is -0.469 e. The van der Waals surface area contributed by atoms with Crippen molar-refractivity contribution < 1.29 is 14.6 Å². The molecule has 136 valence electrons. The minimum atomic E-state index is -0.0842. The van der Waals surface area contributed by atoms with Crippen molar-refractivity contribution in [1.29, 1.82) is 0 Å². The highest BCUT2D eigenvalue weighted by atomic mass is 16.5. The lowest BCUT2D eigenvalue weighted by molar-refractivity contribution is -0.140. The smallest absolute Gasteiger partial charge is 0.305 e. The Morgan fingerprint density at radius 3 is 2.48 bits per heavy atom. The lowest BCUT2D eigenvalue weighted by atomic mass is 10.0. The van der Waals surface area contributed by atoms with Crippen LogP contribution in [0.15, 0.2) is 0 Å². The van der Waals surface area contributed by atoms with Crippen LogP contribution in [0.3, 0.4) is 0 Å². The quantitative estimate of drug-likeness (QED) is 0.330. The second-order valence-corrected chi connectivity index (χ2v) is 7.38. The Labute approximate surface area is 143 Å². The first-order valence-corrected chi connectivity index (χ1v) is 9.92. The first kappa shape index (κ1) is 20.5. The van der Waals surface area contributed by atoms with E-state index in [9.17, 15) is 9.90 Å². The molecule has 0 aliphatic heterocycles. The Kier molecular flexibility index (Phi) is 11.4. The molecule has 0 radical (unpaired) electrons. The van der Waals surface area contributed by atoms with Gasteiger partial charge in [0.15, 0.2) is 0 Å². The number of unbranched alkanes of at least 4 members (excludes halogenated alkanes) is 7. The van der Waals surface area contributed by atoms with Crippen LogP contribution in [-0.2, 0) is 9.53 Å². The molecule has 0 saturated heterocycles. The van der Waals surface area contributed by atoms with Gasteiger partial charge in [-0.1, -0.05) is 64.7 Å². The average molecular weight is 327 g/mol. The van der Waals surface area contributed by atoms with Crippen LogP contribution >= 0.6 is 0 Å². The van der Waals surface area contributed by atoms with Crippen LogP contribution in [0, 0.1) is 11.8 Å². The number of rotatable bonds is 15. The zero-order chi connectivity index (χ0) is 16.9. The van der Waals surface area contributed by atoms with Gasteiger partial charge in [0.05, 0.1) is 13.2 Å². The van der Waals surface area contributed by atoms with Crippen LogP contribution < -0.4 is 0 Å². The lowest BCUT2D eigenvalue weighted by Crippen LogP contribution is -2.07. The molecule has 3 heteroatoms. The molecule has 3 unspecified atom stereocenters. The summed E-state index contributed by atoms with van der Waals surface area (Å²) in [5.41, 5.74) is 0. The number of ether oxygens (including phenoxy) is 1. The van der Waals surface area contributed by atoms with E-state index in [0.29, 0.717) is 6.42 Å². The summed E-state index contributed by atoms with van der Waals surface area (Å²) in [7, 11) is 1.45. The van der Waals surface area contributed by atoms with Crippen molar-refractivity contribution in [2.24, 2.45) is 11.8 Å². The maximum atomic E-state index is 11.0. The Bertz CT molecular complexity index is 303. The monoisotopic (exact) mass is 326 g/mol. The molecule has 0 amide bonds. The van der Waals surface area contributed by atoms with Gasteiger partial charge < -0.3 is 9.84 Å². The highest BCUT2D eigenvalue weighted by molar-refractivity contribution is 5.68. The van der Waals surface area contributed by atoms with E-state index >= 15 is 0 Å². The van der Waals surface area contributed by atoms with Gasteiger partial charge in [0.25, 0.3) is 0 Å². The molecule has 0 aromatic rings. The summed E-state index contributed by atoms with van der Waals surface area (Å²) >= 11 is 0. The Balaban J connectivity index is 1.86. The van der Waals surface area contributed by atoms with Gasteiger partial charge in [-0.2, -0.15) is 0 Å². The largest absolute Gasteiger partial charge is 0.469 e. The molecule has 0 bridgehead atoms. The zero-order valence-corrected chi connectivity index (χ0v) is 15.4. The number of aliphatic hydroxyl groups excluding tert-OH is 1. The molecule has 0 heterocycles. The van der Waals surface area contributed by atoms with Crippen molar-refractivity contribution in [3.63, 3.8) is 0 Å². The van der Waals surface area contributed by atoms with E-state index in [1.807, 2.05) is 0 Å². The van der Waals surface area contributed by atoms with Crippen LogP contribution in [0.1, 0.15) is 96.8 Å². The third-order valence-corrected chi connectivity index (χ3v) is 5.22. The summed E-state index contributed by atoms with van der Waals surface area (Å²) in [5, 5.41) is 10.1. The standard InChI is InChI=1S/C20H38O3/c1-3-4-5-10-13-19(21)16-18-15-17(18)12-9-7-6-8-11-14-20(22)23-2/h17-19,21H,3-16H2,1-2H3. The van der Waals surface area contributed by atoms with Crippen molar-refractivity contribution in [3.05, 3.63) is 0 Å². The fraction of sp³-hybridized carbons (Fsp3) is 0.950. The zero-order valence-electron chi connectivity index (χ0n) is 15.4. The van der Waals surface area contributed by atoms with Crippen LogP contribution in [0.4, 0.5) is 0 Å². The van der Waals surface area contributed by atoms with E-state index < -0.39 is 0 Å². The Morgan fingerprint density at radius 1 is 1.04 bits per heavy atom. The summed E-state index contributed by atoms with van der Waals surface area (Å²) in [6.45, 7) is 2.23. The third-order valence-electron chi connectivity index (χ3n) is 5.22. The number of hydrogen-bond acceptors (Lipinski definition) is 3. The maximum Gasteiger partial charge on any atom is 0.305 e. The molecule has 3 nitrogen and oxygen atoms in total. The van der Waals surface area contributed by atoms with Crippen molar-refractivity contribution in [1.82, 2.24) is 0 Å². The molecule has 1 aliphatic rings. The maximum absolute atomic E-state index is 11.0. The number of methoxy groups -OCH3 is 1. The van der Waals surface area contributed by atoms with E-state index in [1.165, 1.54) is 64.9 Å². The van der Waals surface area contributed by atoms with Gasteiger partial charge in [0, 0.05) is 6.42 Å². The fourth-order valence-electron chi connectivity index (χ4n) is 3.53. The topological polar surface area (TPSA) is 46.5 Å². The Hall–Kier alpha value is -0.570. The van der Waals surface area contributed by atoms with Gasteiger partial charge in [-0.15, -0.1) is 0 Å². The van der Waals surface area contributed by atoms with Crippen molar-refractivity contribution in [2.45, 2.75) is 103 Å². The van der Waals surface area contributed by atoms with Gasteiger partial charge in [0.2, 0.25) is 0 Å². The van der Waals surface area contributed by atoms with Crippen LogP contribution in [0.5, 0.6) is 0 Å². The molecule has 1 rings (SSSR count). The van der Waals surface area contributed by atoms with Crippen LogP contribution in [-0.4, -0.2) is 24.3 Å². The molecule has 1 aliphatic carbocycles. The summed E-state index contributed by atoms with van der Waals surface area (Å²) < 4.78 is 4.64. The first-order valence-electron chi connectivity index (χ1n) is 9.92. The molecule has 1 saturated carbocycles. The SMILES string of the molecule is CCCCCCC(O)CC1CC1CCCCCCCC(=O)OC. The number of carbonyl (C=O) groups excluding carboxylic acids is 1. The summed E-state index contributed by atoms with van der Waals surface area (Å²) in [6.07, 6.45) is 16.2. The second-order valence-electron chi connectivity index (χ2n) is 7.38. The van der Waals surface area contributed by atoms with Crippen molar-refractivity contribution in [2.75, 3.05) is 7.11 Å². The summed E-state index contributed by atoms with van der Waals surface area (Å²) in [4.78, 5) is 11.0. The van der Waals surface area contributed by atoms with E-state index in [0.717, 1.165) is 37.5 Å². The van der Waals surface area contributed by atoms with Gasteiger partial charge in [-0.3, -0.25) is 4.79 Å². The first-order chi connectivity index (χ1) is 11.2. The molecule has 0 aromatic carbocycles. The predicted octanol–water partition coefficient (Wildman–Crippen LogP) is 5.25. The third kappa shape index (κ3) is 10.8. The van der Waals surface area contributed by atoms with E-state index in [-0.39, 0.29) is 12.1 Å². The van der Waals surface area contributed by atoms with Gasteiger partial charge in [-0.25, -0.2) is 0 Å². The summed E-state index contributed by atoms with van der Waals surface area (Å²) in [6, 6.07) is 0. The van der Waals surface area contributed by atoms with Crippen LogP contribution in [0.25, 0.3) is 0 Å². The highest BCUT2D eigenvalue weighted by Crippen LogP contribution is 2.45. The molecule has 1 fully saturated rings. The van der Waals surface area contributed by atoms with Gasteiger partial charge >= 0.3 is 5.97 Å². The highest BCUT2D eigenvalue weighted by Gasteiger charge is 2.37. The molecular weight excluding hydrogens is 288 g/mol. The molecule has 0 spiro atoms. The Morgan fingerprint density at radius 2 is 1.74 bits per heavy atom. The van der Waals surface area contributed by atoms with Gasteiger partial charge in [0.1, 0.15) is 0 Å². The lowest BCUT2D eigenvalue weighted by Gasteiger charge is -2.10. The number of hydrogen-bond donors (Lipinski definition) is 1. The minimum absolute atomic E-state index is 0.0554. The average Bonchev–Trinajstić information content (AvgIpc) is 3.28. The van der Waals surface area contributed by atoms with E-state index in [4.69, 9.17) is 0 Å². The second kappa shape index (κ2) is 12.8. The normalized spacial score (nSPS) is 21.2. The molecule has 1 N–H and O–H groups in total. The number of aliphatic hydroxyl groups is 1. The molecule has 3 atom stereocenters. The molecular formula is C20H38O3. The molecule has 0 aromatic heterocycles. The molecule has 23 heavy (non-hydrogen) atoms. The van der Waals surface area contributed by atoms with Crippen molar-refractivity contribution >= 4 is 5.97 Å². The van der Waals surface area contributed by atoms with E-state index in [2.05, 4.69) is 11.7 Å². The number of carbonyl (C=O) groups is 1. The number of esters is 1. The summed E-state index contributed by atoms with van der Waals surface area (Å²) in [5.74, 6) is 1.60. The van der Waals surface area contributed by atoms with Crippen LogP contribution in [0.2, 0.25) is 0 Å². The van der Waals surface area contributed by atoms with E-state index in [1.54, 1.807) is 0 Å².